The van der Waals surface area contributed by atoms with Crippen molar-refractivity contribution in [2.24, 2.45) is 7.05 Å². The van der Waals surface area contributed by atoms with E-state index in [1.54, 1.807) is 31.0 Å². The van der Waals surface area contributed by atoms with Gasteiger partial charge in [0.25, 0.3) is 5.56 Å². The van der Waals surface area contributed by atoms with Crippen LogP contribution in [-0.2, 0) is 18.0 Å². The molecular formula is C24H21ClF3N9O3. The fraction of sp³-hybridized carbons (Fsp3) is 0.292. The second-order valence-electron chi connectivity index (χ2n) is 9.03. The molecule has 0 spiro atoms. The number of aryl methyl sites for hydroxylation is 1. The van der Waals surface area contributed by atoms with Crippen molar-refractivity contribution in [3.05, 3.63) is 58.0 Å². The van der Waals surface area contributed by atoms with E-state index in [0.717, 1.165) is 16.8 Å². The molecule has 1 atom stereocenters. The first-order valence-corrected chi connectivity index (χ1v) is 12.4. The number of alkyl halides is 3. The molecule has 1 aliphatic rings. The van der Waals surface area contributed by atoms with Gasteiger partial charge in [-0.1, -0.05) is 11.6 Å². The summed E-state index contributed by atoms with van der Waals surface area (Å²) in [6, 6.07) is 0.251. The fourth-order valence-corrected chi connectivity index (χ4v) is 4.87. The van der Waals surface area contributed by atoms with Crippen molar-refractivity contribution < 1.29 is 22.6 Å². The number of pyridine rings is 2. The number of hydrogen-bond donors (Lipinski definition) is 2. The number of nitrogens with one attached hydrogen (secondary N) is 2. The summed E-state index contributed by atoms with van der Waals surface area (Å²) >= 11 is 6.69. The Hall–Kier alpha value is -4.37. The molecule has 0 saturated carbocycles. The van der Waals surface area contributed by atoms with Crippen LogP contribution in [0.1, 0.15) is 18.0 Å². The number of anilines is 3. The molecule has 0 unspecified atom stereocenters. The Morgan fingerprint density at radius 1 is 1.20 bits per heavy atom. The summed E-state index contributed by atoms with van der Waals surface area (Å²) in [7, 11) is 3.30. The van der Waals surface area contributed by atoms with Crippen molar-refractivity contribution >= 4 is 45.7 Å². The van der Waals surface area contributed by atoms with E-state index in [0.29, 0.717) is 35.6 Å². The van der Waals surface area contributed by atoms with Crippen LogP contribution in [-0.4, -0.2) is 54.0 Å². The van der Waals surface area contributed by atoms with E-state index in [9.17, 15) is 18.0 Å². The molecule has 12 nitrogen and oxygen atoms in total. The van der Waals surface area contributed by atoms with Gasteiger partial charge in [0.2, 0.25) is 5.95 Å². The van der Waals surface area contributed by atoms with Gasteiger partial charge < -0.3 is 29.2 Å². The predicted molar refractivity (Wildman–Crippen MR) is 140 cm³/mol. The molecule has 16 heteroatoms. The van der Waals surface area contributed by atoms with Gasteiger partial charge in [0.1, 0.15) is 16.2 Å². The summed E-state index contributed by atoms with van der Waals surface area (Å²) in [6.45, 7) is 0.505. The molecule has 40 heavy (non-hydrogen) atoms. The number of imidazole rings is 1. The van der Waals surface area contributed by atoms with Gasteiger partial charge in [-0.2, -0.15) is 23.3 Å². The average Bonchev–Trinajstić information content (AvgIpc) is 3.66. The van der Waals surface area contributed by atoms with Gasteiger partial charge in [-0.25, -0.2) is 14.5 Å². The summed E-state index contributed by atoms with van der Waals surface area (Å²) in [5, 5.41) is 10.1. The third-order valence-electron chi connectivity index (χ3n) is 6.58. The van der Waals surface area contributed by atoms with Crippen LogP contribution in [0, 0.1) is 0 Å². The maximum absolute atomic E-state index is 13.7. The van der Waals surface area contributed by atoms with Crippen molar-refractivity contribution in [1.82, 2.24) is 33.7 Å². The van der Waals surface area contributed by atoms with E-state index in [1.807, 2.05) is 0 Å². The van der Waals surface area contributed by atoms with Crippen LogP contribution in [0.5, 0.6) is 11.5 Å². The van der Waals surface area contributed by atoms with E-state index in [4.69, 9.17) is 21.1 Å². The lowest BCUT2D eigenvalue weighted by Crippen LogP contribution is -2.28. The SMILES string of the molecule is CNc1nccn2ncc(Oc3cnc4nc(Nc5cc(C(F)(F)F)cn([C@H]6CCOC6)c5=O)n(C)c4c3Cl)c12. The van der Waals surface area contributed by atoms with Crippen LogP contribution < -0.4 is 20.9 Å². The van der Waals surface area contributed by atoms with Gasteiger partial charge in [-0.15, -0.1) is 0 Å². The number of fused-ring (bicyclic) bond motifs is 2. The molecule has 5 aromatic heterocycles. The Balaban J connectivity index is 1.39. The highest BCUT2D eigenvalue weighted by Gasteiger charge is 2.34. The van der Waals surface area contributed by atoms with Gasteiger partial charge in [0.05, 0.1) is 30.6 Å². The second kappa shape index (κ2) is 9.67. The van der Waals surface area contributed by atoms with E-state index < -0.39 is 23.3 Å². The number of hydrogen-bond acceptors (Lipinski definition) is 9. The van der Waals surface area contributed by atoms with E-state index >= 15 is 0 Å². The van der Waals surface area contributed by atoms with Crippen molar-refractivity contribution in [2.75, 3.05) is 30.9 Å². The topological polar surface area (TPSA) is 125 Å². The summed E-state index contributed by atoms with van der Waals surface area (Å²) < 4.78 is 56.5. The summed E-state index contributed by atoms with van der Waals surface area (Å²) in [5.41, 5.74) is -0.817. The van der Waals surface area contributed by atoms with Crippen LogP contribution >= 0.6 is 11.6 Å². The van der Waals surface area contributed by atoms with Crippen LogP contribution in [0.3, 0.4) is 0 Å². The Labute approximate surface area is 228 Å². The Kier molecular flexibility index (Phi) is 6.26. The van der Waals surface area contributed by atoms with Crippen molar-refractivity contribution in [3.8, 4) is 11.5 Å². The molecule has 208 valence electrons. The molecule has 0 aromatic carbocycles. The Morgan fingerprint density at radius 3 is 2.75 bits per heavy atom. The Bertz CT molecular complexity index is 1810. The van der Waals surface area contributed by atoms with Crippen molar-refractivity contribution in [3.63, 3.8) is 0 Å². The van der Waals surface area contributed by atoms with Crippen LogP contribution in [0.25, 0.3) is 16.7 Å². The largest absolute Gasteiger partial charge is 0.450 e. The third kappa shape index (κ3) is 4.36. The van der Waals surface area contributed by atoms with Gasteiger partial charge in [-0.05, 0) is 12.5 Å². The lowest BCUT2D eigenvalue weighted by Gasteiger charge is -2.18. The highest BCUT2D eigenvalue weighted by molar-refractivity contribution is 6.36. The molecular weight excluding hydrogens is 555 g/mol. The second-order valence-corrected chi connectivity index (χ2v) is 9.41. The van der Waals surface area contributed by atoms with Crippen LogP contribution in [0.4, 0.5) is 30.6 Å². The zero-order chi connectivity index (χ0) is 28.2. The number of aromatic nitrogens is 7. The monoisotopic (exact) mass is 575 g/mol. The lowest BCUT2D eigenvalue weighted by molar-refractivity contribution is -0.138. The molecule has 6 rings (SSSR count). The molecule has 5 aromatic rings. The van der Waals surface area contributed by atoms with E-state index in [1.165, 1.54) is 17.0 Å². The molecule has 1 saturated heterocycles. The third-order valence-corrected chi connectivity index (χ3v) is 6.94. The lowest BCUT2D eigenvalue weighted by atomic mass is 10.2. The van der Waals surface area contributed by atoms with Gasteiger partial charge >= 0.3 is 6.18 Å². The zero-order valence-corrected chi connectivity index (χ0v) is 21.8. The number of halogens is 4. The molecule has 6 heterocycles. The highest BCUT2D eigenvalue weighted by atomic mass is 35.5. The Morgan fingerprint density at radius 2 is 2.02 bits per heavy atom. The molecule has 0 radical (unpaired) electrons. The summed E-state index contributed by atoms with van der Waals surface area (Å²) in [4.78, 5) is 26.1. The molecule has 0 aliphatic carbocycles. The smallest absolute Gasteiger partial charge is 0.417 e. The minimum Gasteiger partial charge on any atom is -0.450 e. The molecule has 2 N–H and O–H groups in total. The van der Waals surface area contributed by atoms with Gasteiger partial charge in [0.15, 0.2) is 28.5 Å². The highest BCUT2D eigenvalue weighted by Crippen LogP contribution is 2.38. The first kappa shape index (κ1) is 25.9. The number of nitrogens with zero attached hydrogens (tertiary/aromatic N) is 7. The quantitative estimate of drug-likeness (QED) is 0.303. The zero-order valence-electron chi connectivity index (χ0n) is 21.0. The minimum absolute atomic E-state index is 0.0600. The molecule has 1 aliphatic heterocycles. The number of ether oxygens (including phenoxy) is 2. The standard InChI is InChI=1S/C24H21ClF3N9O3/c1-29-20-18-16(9-32-37(18)5-4-30-20)40-15-8-31-21-19(17(15)25)35(2)23(34-21)33-14-7-12(24(26,27)28)10-36(22(14)38)13-3-6-39-11-13/h4-5,7-10,13H,3,6,11H2,1-2H3,(H,29,30)(H,31,33,34)/t13-/m0/s1. The summed E-state index contributed by atoms with van der Waals surface area (Å²) in [5.74, 6) is 1.14. The first-order valence-electron chi connectivity index (χ1n) is 12.0. The number of rotatable bonds is 6. The van der Waals surface area contributed by atoms with Gasteiger partial charge in [0, 0.05) is 39.3 Å². The van der Waals surface area contributed by atoms with Crippen molar-refractivity contribution in [1.29, 1.82) is 0 Å². The molecule has 0 bridgehead atoms. The van der Waals surface area contributed by atoms with Crippen molar-refractivity contribution in [2.45, 2.75) is 18.6 Å². The maximum atomic E-state index is 13.7. The van der Waals surface area contributed by atoms with E-state index in [2.05, 4.69) is 30.7 Å². The van der Waals surface area contributed by atoms with Crippen LogP contribution in [0.15, 0.2) is 41.8 Å². The maximum Gasteiger partial charge on any atom is 0.417 e. The normalized spacial score (nSPS) is 15.7. The molecule has 1 fully saturated rings. The van der Waals surface area contributed by atoms with E-state index in [-0.39, 0.29) is 34.7 Å². The minimum atomic E-state index is -4.67. The summed E-state index contributed by atoms with van der Waals surface area (Å²) in [6.07, 6.45) is 2.69. The fourth-order valence-electron chi connectivity index (χ4n) is 4.57. The van der Waals surface area contributed by atoms with Gasteiger partial charge in [-0.3, -0.25) is 4.79 Å². The predicted octanol–water partition coefficient (Wildman–Crippen LogP) is 4.38. The average molecular weight is 576 g/mol. The molecule has 0 amide bonds. The van der Waals surface area contributed by atoms with Crippen LogP contribution in [0.2, 0.25) is 5.02 Å². The first-order chi connectivity index (χ1) is 19.2.